The molecule has 0 aliphatic rings. The first-order chi connectivity index (χ1) is 5.86. The Bertz CT molecular complexity index is 248. The SMILES string of the molecule is C/C=C/C[n+]1ccn(CCC)c1. The lowest BCUT2D eigenvalue weighted by atomic mass is 10.5. The van der Waals surface area contributed by atoms with Crippen molar-refractivity contribution in [3.05, 3.63) is 30.9 Å². The Labute approximate surface area is 74.1 Å². The predicted molar refractivity (Wildman–Crippen MR) is 49.7 cm³/mol. The van der Waals surface area contributed by atoms with Gasteiger partial charge in [-0.3, -0.25) is 0 Å². The fraction of sp³-hybridized carbons (Fsp3) is 0.500. The van der Waals surface area contributed by atoms with Crippen LogP contribution < -0.4 is 4.57 Å². The molecule has 2 heteroatoms. The van der Waals surface area contributed by atoms with Crippen LogP contribution in [0.15, 0.2) is 30.9 Å². The Morgan fingerprint density at radius 3 is 3.00 bits per heavy atom. The normalized spacial score (nSPS) is 11.2. The average Bonchev–Trinajstić information content (AvgIpc) is 2.50. The molecule has 0 fully saturated rings. The van der Waals surface area contributed by atoms with Crippen LogP contribution in [-0.2, 0) is 13.1 Å². The van der Waals surface area contributed by atoms with E-state index in [9.17, 15) is 0 Å². The third-order valence-corrected chi connectivity index (χ3v) is 1.78. The quantitative estimate of drug-likeness (QED) is 0.475. The summed E-state index contributed by atoms with van der Waals surface area (Å²) in [6.07, 6.45) is 11.8. The van der Waals surface area contributed by atoms with Crippen LogP contribution in [0.25, 0.3) is 0 Å². The second-order valence-electron chi connectivity index (χ2n) is 2.92. The molecule has 66 valence electrons. The number of hydrogen-bond acceptors (Lipinski definition) is 0. The van der Waals surface area contributed by atoms with Gasteiger partial charge in [-0.2, -0.15) is 0 Å². The van der Waals surface area contributed by atoms with Gasteiger partial charge in [0.2, 0.25) is 6.33 Å². The van der Waals surface area contributed by atoms with E-state index in [0.29, 0.717) is 0 Å². The van der Waals surface area contributed by atoms with Crippen LogP contribution in [0.4, 0.5) is 0 Å². The summed E-state index contributed by atoms with van der Waals surface area (Å²) in [6, 6.07) is 0. The lowest BCUT2D eigenvalue weighted by Gasteiger charge is -1.89. The molecule has 0 amide bonds. The van der Waals surface area contributed by atoms with E-state index < -0.39 is 0 Å². The van der Waals surface area contributed by atoms with Gasteiger partial charge < -0.3 is 0 Å². The lowest BCUT2D eigenvalue weighted by Crippen LogP contribution is -2.29. The molecule has 12 heavy (non-hydrogen) atoms. The van der Waals surface area contributed by atoms with E-state index in [1.165, 1.54) is 6.42 Å². The van der Waals surface area contributed by atoms with Gasteiger partial charge >= 0.3 is 0 Å². The first-order valence-electron chi connectivity index (χ1n) is 4.52. The van der Waals surface area contributed by atoms with E-state index >= 15 is 0 Å². The number of nitrogens with zero attached hydrogens (tertiary/aromatic N) is 2. The number of imidazole rings is 1. The predicted octanol–water partition coefficient (Wildman–Crippen LogP) is 1.76. The smallest absolute Gasteiger partial charge is 0.237 e. The van der Waals surface area contributed by atoms with Gasteiger partial charge in [0.05, 0.1) is 6.54 Å². The minimum atomic E-state index is 0.979. The van der Waals surface area contributed by atoms with Crippen LogP contribution in [0.1, 0.15) is 20.3 Å². The number of rotatable bonds is 4. The van der Waals surface area contributed by atoms with E-state index in [4.69, 9.17) is 0 Å². The zero-order chi connectivity index (χ0) is 8.81. The molecule has 0 atom stereocenters. The largest absolute Gasteiger partial charge is 0.244 e. The highest BCUT2D eigenvalue weighted by Crippen LogP contribution is 1.87. The van der Waals surface area contributed by atoms with Crippen molar-refractivity contribution in [2.24, 2.45) is 0 Å². The van der Waals surface area contributed by atoms with E-state index in [-0.39, 0.29) is 0 Å². The van der Waals surface area contributed by atoms with Crippen molar-refractivity contribution in [1.29, 1.82) is 0 Å². The molecular formula is C10H17N2+. The van der Waals surface area contributed by atoms with Gasteiger partial charge in [0.25, 0.3) is 0 Å². The fourth-order valence-corrected chi connectivity index (χ4v) is 1.16. The molecule has 1 rings (SSSR count). The van der Waals surface area contributed by atoms with Gasteiger partial charge in [-0.25, -0.2) is 9.13 Å². The van der Waals surface area contributed by atoms with E-state index in [0.717, 1.165) is 13.1 Å². The summed E-state index contributed by atoms with van der Waals surface area (Å²) in [7, 11) is 0. The van der Waals surface area contributed by atoms with Gasteiger partial charge in [-0.1, -0.05) is 13.0 Å². The van der Waals surface area contributed by atoms with Crippen LogP contribution in [0.5, 0.6) is 0 Å². The molecule has 0 aromatic carbocycles. The zero-order valence-electron chi connectivity index (χ0n) is 7.90. The summed E-state index contributed by atoms with van der Waals surface area (Å²) in [6.45, 7) is 6.33. The van der Waals surface area contributed by atoms with E-state index in [2.05, 4.69) is 46.9 Å². The minimum Gasteiger partial charge on any atom is -0.237 e. The van der Waals surface area contributed by atoms with Crippen LogP contribution in [0.3, 0.4) is 0 Å². The maximum absolute atomic E-state index is 2.21. The monoisotopic (exact) mass is 165 g/mol. The molecule has 0 unspecified atom stereocenters. The van der Waals surface area contributed by atoms with Crippen molar-refractivity contribution in [3.8, 4) is 0 Å². The summed E-state index contributed by atoms with van der Waals surface area (Å²) < 4.78 is 4.39. The molecule has 0 saturated carbocycles. The molecule has 0 saturated heterocycles. The highest BCUT2D eigenvalue weighted by molar-refractivity contribution is 4.73. The van der Waals surface area contributed by atoms with Gasteiger partial charge in [0, 0.05) is 0 Å². The Hall–Kier alpha value is -1.05. The van der Waals surface area contributed by atoms with Gasteiger partial charge in [0.15, 0.2) is 0 Å². The maximum atomic E-state index is 2.21. The molecular weight excluding hydrogens is 148 g/mol. The van der Waals surface area contributed by atoms with Crippen LogP contribution in [0, 0.1) is 0 Å². The number of aryl methyl sites for hydroxylation is 1. The second kappa shape index (κ2) is 4.75. The fourth-order valence-electron chi connectivity index (χ4n) is 1.16. The van der Waals surface area contributed by atoms with E-state index in [1.807, 2.05) is 6.92 Å². The van der Waals surface area contributed by atoms with Crippen molar-refractivity contribution < 1.29 is 4.57 Å². The lowest BCUT2D eigenvalue weighted by molar-refractivity contribution is -0.686. The molecule has 0 aliphatic carbocycles. The third kappa shape index (κ3) is 2.53. The molecule has 1 heterocycles. The molecule has 0 spiro atoms. The highest BCUT2D eigenvalue weighted by atomic mass is 15.1. The number of aromatic nitrogens is 2. The third-order valence-electron chi connectivity index (χ3n) is 1.78. The first-order valence-corrected chi connectivity index (χ1v) is 4.52. The van der Waals surface area contributed by atoms with E-state index in [1.54, 1.807) is 0 Å². The Morgan fingerprint density at radius 2 is 2.33 bits per heavy atom. The number of allylic oxidation sites excluding steroid dienone is 2. The molecule has 1 aromatic rings. The first kappa shape index (κ1) is 9.04. The summed E-state index contributed by atoms with van der Waals surface area (Å²) in [5.74, 6) is 0. The summed E-state index contributed by atoms with van der Waals surface area (Å²) in [5.41, 5.74) is 0. The topological polar surface area (TPSA) is 8.81 Å². The summed E-state index contributed by atoms with van der Waals surface area (Å²) in [5, 5.41) is 0. The van der Waals surface area contributed by atoms with Gasteiger partial charge in [-0.05, 0) is 19.4 Å². The van der Waals surface area contributed by atoms with Crippen LogP contribution >= 0.6 is 0 Å². The molecule has 0 aliphatic heterocycles. The van der Waals surface area contributed by atoms with Crippen molar-refractivity contribution in [2.45, 2.75) is 33.4 Å². The Morgan fingerprint density at radius 1 is 1.50 bits per heavy atom. The van der Waals surface area contributed by atoms with Crippen LogP contribution in [0.2, 0.25) is 0 Å². The molecule has 0 N–H and O–H groups in total. The maximum Gasteiger partial charge on any atom is 0.244 e. The van der Waals surface area contributed by atoms with Crippen molar-refractivity contribution in [1.82, 2.24) is 4.57 Å². The van der Waals surface area contributed by atoms with Crippen molar-refractivity contribution in [3.63, 3.8) is 0 Å². The number of hydrogen-bond donors (Lipinski definition) is 0. The van der Waals surface area contributed by atoms with Crippen molar-refractivity contribution >= 4 is 0 Å². The summed E-state index contributed by atoms with van der Waals surface area (Å²) >= 11 is 0. The molecule has 0 radical (unpaired) electrons. The average molecular weight is 165 g/mol. The Kier molecular flexibility index (Phi) is 3.58. The molecule has 0 bridgehead atoms. The summed E-state index contributed by atoms with van der Waals surface area (Å²) in [4.78, 5) is 0. The highest BCUT2D eigenvalue weighted by Gasteiger charge is 1.98. The van der Waals surface area contributed by atoms with Gasteiger partial charge in [0.1, 0.15) is 18.9 Å². The molecule has 1 aromatic heterocycles. The zero-order valence-corrected chi connectivity index (χ0v) is 7.90. The van der Waals surface area contributed by atoms with Crippen molar-refractivity contribution in [2.75, 3.05) is 0 Å². The standard InChI is InChI=1S/C10H17N2/c1-3-5-7-12-9-8-11(10-12)6-4-2/h3,5,8-10H,4,6-7H2,1-2H3/q+1/b5-3+. The minimum absolute atomic E-state index is 0.979. The second-order valence-corrected chi connectivity index (χ2v) is 2.92. The Balaban J connectivity index is 2.52. The van der Waals surface area contributed by atoms with Gasteiger partial charge in [-0.15, -0.1) is 0 Å². The molecule has 2 nitrogen and oxygen atoms in total. The van der Waals surface area contributed by atoms with Crippen LogP contribution in [-0.4, -0.2) is 4.57 Å².